The summed E-state index contributed by atoms with van der Waals surface area (Å²) in [4.78, 5) is 15.9. The summed E-state index contributed by atoms with van der Waals surface area (Å²) in [6.07, 6.45) is 0. The fourth-order valence-corrected chi connectivity index (χ4v) is 1.77. The van der Waals surface area contributed by atoms with Crippen molar-refractivity contribution in [1.29, 1.82) is 5.26 Å². The lowest BCUT2D eigenvalue weighted by Gasteiger charge is -2.14. The second kappa shape index (κ2) is 5.69. The molecule has 1 aromatic rings. The monoisotopic (exact) mass is 267 g/mol. The molecular weight excluding hydrogens is 254 g/mol. The van der Waals surface area contributed by atoms with Gasteiger partial charge in [0.1, 0.15) is 22.3 Å². The van der Waals surface area contributed by atoms with Crippen LogP contribution < -0.4 is 5.73 Å². The Morgan fingerprint density at radius 2 is 2.22 bits per heavy atom. The van der Waals surface area contributed by atoms with Gasteiger partial charge in [-0.1, -0.05) is 25.4 Å². The Morgan fingerprint density at radius 1 is 1.61 bits per heavy atom. The third-order valence-corrected chi connectivity index (χ3v) is 2.63. The van der Waals surface area contributed by atoms with Crippen LogP contribution in [-0.4, -0.2) is 17.6 Å². The van der Waals surface area contributed by atoms with Gasteiger partial charge in [-0.05, 0) is 12.8 Å². The van der Waals surface area contributed by atoms with Crippen LogP contribution >= 0.6 is 11.6 Å². The standard InChI is InChI=1S/C12H14ClN3O2/c1-4-18-12(17)8-7(5-14)11(13)16-10(6(2)3)9(8)15/h6H,4,15H2,1-3H3. The summed E-state index contributed by atoms with van der Waals surface area (Å²) in [5, 5.41) is 9.00. The molecule has 0 spiro atoms. The molecule has 1 heterocycles. The van der Waals surface area contributed by atoms with Gasteiger partial charge in [-0.3, -0.25) is 0 Å². The normalized spacial score (nSPS) is 10.2. The molecule has 1 aromatic heterocycles. The summed E-state index contributed by atoms with van der Waals surface area (Å²) >= 11 is 5.90. The topological polar surface area (TPSA) is 89.0 Å². The number of anilines is 1. The van der Waals surface area contributed by atoms with E-state index in [1.165, 1.54) is 0 Å². The van der Waals surface area contributed by atoms with E-state index in [2.05, 4.69) is 4.98 Å². The van der Waals surface area contributed by atoms with Crippen LogP contribution in [0.4, 0.5) is 5.69 Å². The van der Waals surface area contributed by atoms with Gasteiger partial charge in [-0.2, -0.15) is 5.26 Å². The van der Waals surface area contributed by atoms with Gasteiger partial charge in [0.25, 0.3) is 0 Å². The number of rotatable bonds is 3. The summed E-state index contributed by atoms with van der Waals surface area (Å²) in [5.74, 6) is -0.666. The highest BCUT2D eigenvalue weighted by Crippen LogP contribution is 2.30. The van der Waals surface area contributed by atoms with Gasteiger partial charge < -0.3 is 10.5 Å². The summed E-state index contributed by atoms with van der Waals surface area (Å²) in [6, 6.07) is 1.83. The van der Waals surface area contributed by atoms with Crippen LogP contribution in [0.15, 0.2) is 0 Å². The van der Waals surface area contributed by atoms with Crippen molar-refractivity contribution in [3.63, 3.8) is 0 Å². The molecule has 0 aromatic carbocycles. The van der Waals surface area contributed by atoms with E-state index in [0.717, 1.165) is 0 Å². The molecular formula is C12H14ClN3O2. The number of aromatic nitrogens is 1. The van der Waals surface area contributed by atoms with Gasteiger partial charge in [-0.15, -0.1) is 0 Å². The number of ether oxygens (including phenoxy) is 1. The van der Waals surface area contributed by atoms with E-state index < -0.39 is 5.97 Å². The molecule has 0 aliphatic heterocycles. The summed E-state index contributed by atoms with van der Waals surface area (Å²) in [6.45, 7) is 5.61. The first-order chi connectivity index (χ1) is 8.43. The number of hydrogen-bond acceptors (Lipinski definition) is 5. The van der Waals surface area contributed by atoms with Crippen molar-refractivity contribution < 1.29 is 9.53 Å². The van der Waals surface area contributed by atoms with Gasteiger partial charge in [0, 0.05) is 0 Å². The number of esters is 1. The quantitative estimate of drug-likeness (QED) is 0.671. The van der Waals surface area contributed by atoms with Crippen molar-refractivity contribution in [2.45, 2.75) is 26.7 Å². The molecule has 0 bridgehead atoms. The summed E-state index contributed by atoms with van der Waals surface area (Å²) in [7, 11) is 0. The first-order valence-electron chi connectivity index (χ1n) is 5.50. The van der Waals surface area contributed by atoms with Gasteiger partial charge in [0.2, 0.25) is 0 Å². The molecule has 0 fully saturated rings. The molecule has 0 saturated carbocycles. The second-order valence-corrected chi connectivity index (χ2v) is 4.30. The zero-order chi connectivity index (χ0) is 13.9. The second-order valence-electron chi connectivity index (χ2n) is 3.94. The molecule has 0 atom stereocenters. The maximum atomic E-state index is 11.8. The fraction of sp³-hybridized carbons (Fsp3) is 0.417. The Kier molecular flexibility index (Phi) is 4.51. The lowest BCUT2D eigenvalue weighted by atomic mass is 10.0. The van der Waals surface area contributed by atoms with Crippen molar-refractivity contribution in [3.8, 4) is 6.07 Å². The SMILES string of the molecule is CCOC(=O)c1c(N)c(C(C)C)nc(Cl)c1C#N. The third-order valence-electron chi connectivity index (χ3n) is 2.36. The van der Waals surface area contributed by atoms with Crippen LogP contribution in [0, 0.1) is 11.3 Å². The number of nitrogens with two attached hydrogens (primary N) is 1. The Morgan fingerprint density at radius 3 is 2.67 bits per heavy atom. The highest BCUT2D eigenvalue weighted by Gasteiger charge is 2.24. The molecule has 0 aliphatic carbocycles. The predicted molar refractivity (Wildman–Crippen MR) is 68.4 cm³/mol. The van der Waals surface area contributed by atoms with Crippen LogP contribution in [0.25, 0.3) is 0 Å². The molecule has 0 saturated heterocycles. The molecule has 0 amide bonds. The summed E-state index contributed by atoms with van der Waals surface area (Å²) < 4.78 is 4.88. The van der Waals surface area contributed by atoms with Gasteiger partial charge >= 0.3 is 5.97 Å². The van der Waals surface area contributed by atoms with Crippen LogP contribution in [0.3, 0.4) is 0 Å². The van der Waals surface area contributed by atoms with Gasteiger partial charge in [0.05, 0.1) is 18.0 Å². The average Bonchev–Trinajstić information content (AvgIpc) is 2.30. The number of pyridine rings is 1. The molecule has 96 valence electrons. The minimum absolute atomic E-state index is 0.00282. The van der Waals surface area contributed by atoms with Crippen molar-refractivity contribution in [2.24, 2.45) is 0 Å². The van der Waals surface area contributed by atoms with E-state index in [1.807, 2.05) is 19.9 Å². The third kappa shape index (κ3) is 2.54. The van der Waals surface area contributed by atoms with E-state index in [0.29, 0.717) is 5.69 Å². The lowest BCUT2D eigenvalue weighted by molar-refractivity contribution is 0.0527. The highest BCUT2D eigenvalue weighted by atomic mass is 35.5. The van der Waals surface area contributed by atoms with Crippen LogP contribution in [0.1, 0.15) is 48.3 Å². The number of nitrogens with zero attached hydrogens (tertiary/aromatic N) is 2. The maximum Gasteiger partial charge on any atom is 0.341 e. The zero-order valence-corrected chi connectivity index (χ0v) is 11.2. The van der Waals surface area contributed by atoms with Crippen LogP contribution in [0.5, 0.6) is 0 Å². The smallest absolute Gasteiger partial charge is 0.341 e. The average molecular weight is 268 g/mol. The minimum atomic E-state index is -0.655. The van der Waals surface area contributed by atoms with Crippen LogP contribution in [0.2, 0.25) is 5.15 Å². The Hall–Kier alpha value is -1.80. The Balaban J connectivity index is 3.55. The molecule has 0 radical (unpaired) electrons. The van der Waals surface area contributed by atoms with Crippen molar-refractivity contribution in [3.05, 3.63) is 22.0 Å². The van der Waals surface area contributed by atoms with Crippen molar-refractivity contribution in [1.82, 2.24) is 4.98 Å². The maximum absolute atomic E-state index is 11.8. The number of carbonyl (C=O) groups excluding carboxylic acids is 1. The van der Waals surface area contributed by atoms with E-state index in [-0.39, 0.29) is 34.5 Å². The minimum Gasteiger partial charge on any atom is -0.462 e. The Labute approximate surface area is 111 Å². The number of carbonyl (C=O) groups is 1. The van der Waals surface area contributed by atoms with E-state index in [4.69, 9.17) is 27.3 Å². The molecule has 0 unspecified atom stereocenters. The van der Waals surface area contributed by atoms with Gasteiger partial charge in [0.15, 0.2) is 0 Å². The first kappa shape index (κ1) is 14.3. The van der Waals surface area contributed by atoms with Crippen molar-refractivity contribution in [2.75, 3.05) is 12.3 Å². The highest BCUT2D eigenvalue weighted by molar-refractivity contribution is 6.31. The number of nitrogen functional groups attached to an aromatic ring is 1. The molecule has 5 nitrogen and oxygen atoms in total. The van der Waals surface area contributed by atoms with Crippen LogP contribution in [-0.2, 0) is 4.74 Å². The largest absolute Gasteiger partial charge is 0.462 e. The van der Waals surface area contributed by atoms with E-state index in [1.54, 1.807) is 6.92 Å². The summed E-state index contributed by atoms with van der Waals surface area (Å²) in [5.41, 5.74) is 6.49. The van der Waals surface area contributed by atoms with Gasteiger partial charge in [-0.25, -0.2) is 9.78 Å². The molecule has 6 heteroatoms. The van der Waals surface area contributed by atoms with E-state index >= 15 is 0 Å². The molecule has 0 aliphatic rings. The Bertz CT molecular complexity index is 521. The molecule has 18 heavy (non-hydrogen) atoms. The fourth-order valence-electron chi connectivity index (χ4n) is 1.55. The van der Waals surface area contributed by atoms with Crippen molar-refractivity contribution >= 4 is 23.3 Å². The molecule has 1 rings (SSSR count). The predicted octanol–water partition coefficient (Wildman–Crippen LogP) is 2.49. The number of halogens is 1. The van der Waals surface area contributed by atoms with E-state index in [9.17, 15) is 4.79 Å². The lowest BCUT2D eigenvalue weighted by Crippen LogP contribution is -2.14. The number of hydrogen-bond donors (Lipinski definition) is 1. The zero-order valence-electron chi connectivity index (χ0n) is 10.5. The first-order valence-corrected chi connectivity index (χ1v) is 5.87. The molecule has 2 N–H and O–H groups in total. The number of nitriles is 1.